The van der Waals surface area contributed by atoms with Crippen molar-refractivity contribution < 1.29 is 0 Å². The number of hydrogen-bond acceptors (Lipinski definition) is 1. The molecule has 0 bridgehead atoms. The summed E-state index contributed by atoms with van der Waals surface area (Å²) in [4.78, 5) is 0. The first-order chi connectivity index (χ1) is 8.29. The summed E-state index contributed by atoms with van der Waals surface area (Å²) in [5.41, 5.74) is 3.08. The lowest BCUT2D eigenvalue weighted by molar-refractivity contribution is 0.831. The number of hydrogen-bond donors (Lipinski definition) is 0. The minimum absolute atomic E-state index is 0.396. The zero-order valence-electron chi connectivity index (χ0n) is 9.24. The van der Waals surface area contributed by atoms with Crippen molar-refractivity contribution in [3.05, 3.63) is 46.7 Å². The van der Waals surface area contributed by atoms with Gasteiger partial charge in [-0.25, -0.2) is 4.68 Å². The smallest absolute Gasteiger partial charge is 0.0704 e. The van der Waals surface area contributed by atoms with Gasteiger partial charge >= 0.3 is 0 Å². The fourth-order valence-corrected chi connectivity index (χ4v) is 2.55. The first kappa shape index (κ1) is 11.1. The molecule has 3 rings (SSSR count). The molecule has 88 valence electrons. The molecule has 17 heavy (non-hydrogen) atoms. The average molecular weight is 267 g/mol. The van der Waals surface area contributed by atoms with E-state index in [0.717, 1.165) is 11.3 Å². The lowest BCUT2D eigenvalue weighted by Crippen LogP contribution is -2.00. The van der Waals surface area contributed by atoms with Gasteiger partial charge in [0.25, 0.3) is 0 Å². The Balaban J connectivity index is 2.04. The highest BCUT2D eigenvalue weighted by molar-refractivity contribution is 6.32. The van der Waals surface area contributed by atoms with Crippen LogP contribution in [0.3, 0.4) is 0 Å². The van der Waals surface area contributed by atoms with Crippen LogP contribution in [0, 0.1) is 0 Å². The molecule has 2 aromatic rings. The molecule has 1 fully saturated rings. The minimum atomic E-state index is 0.396. The molecule has 4 heteroatoms. The molecule has 1 heterocycles. The second kappa shape index (κ2) is 4.35. The third-order valence-electron chi connectivity index (χ3n) is 3.08. The Hall–Kier alpha value is -0.990. The van der Waals surface area contributed by atoms with E-state index in [1.165, 1.54) is 18.5 Å². The van der Waals surface area contributed by atoms with Crippen LogP contribution in [0.4, 0.5) is 0 Å². The summed E-state index contributed by atoms with van der Waals surface area (Å²) < 4.78 is 1.87. The number of benzene rings is 1. The highest BCUT2D eigenvalue weighted by Gasteiger charge is 2.26. The summed E-state index contributed by atoms with van der Waals surface area (Å²) in [5, 5.41) is 5.29. The fourth-order valence-electron chi connectivity index (χ4n) is 1.96. The third-order valence-corrected chi connectivity index (χ3v) is 3.70. The van der Waals surface area contributed by atoms with Gasteiger partial charge in [-0.1, -0.05) is 17.7 Å². The summed E-state index contributed by atoms with van der Waals surface area (Å²) >= 11 is 12.1. The molecule has 0 spiro atoms. The van der Waals surface area contributed by atoms with Gasteiger partial charge in [-0.3, -0.25) is 0 Å². The maximum atomic E-state index is 6.14. The Morgan fingerprint density at radius 1 is 1.29 bits per heavy atom. The van der Waals surface area contributed by atoms with Crippen LogP contribution < -0.4 is 0 Å². The fraction of sp³-hybridized carbons (Fsp3) is 0.308. The lowest BCUT2D eigenvalue weighted by atomic mass is 10.2. The van der Waals surface area contributed by atoms with E-state index in [9.17, 15) is 0 Å². The number of rotatable bonds is 3. The van der Waals surface area contributed by atoms with E-state index >= 15 is 0 Å². The molecule has 0 saturated heterocycles. The van der Waals surface area contributed by atoms with Crippen LogP contribution in [-0.2, 0) is 5.88 Å². The van der Waals surface area contributed by atoms with Gasteiger partial charge in [0.15, 0.2) is 0 Å². The van der Waals surface area contributed by atoms with Gasteiger partial charge < -0.3 is 0 Å². The van der Waals surface area contributed by atoms with Crippen LogP contribution in [0.1, 0.15) is 30.0 Å². The highest BCUT2D eigenvalue weighted by Crippen LogP contribution is 2.39. The van der Waals surface area contributed by atoms with Crippen LogP contribution in [0.25, 0.3) is 5.69 Å². The van der Waals surface area contributed by atoms with Crippen molar-refractivity contribution in [2.24, 2.45) is 0 Å². The van der Waals surface area contributed by atoms with E-state index in [2.05, 4.69) is 11.2 Å². The van der Waals surface area contributed by atoms with Gasteiger partial charge in [-0.15, -0.1) is 11.6 Å². The maximum Gasteiger partial charge on any atom is 0.0704 e. The second-order valence-corrected chi connectivity index (χ2v) is 5.01. The minimum Gasteiger partial charge on any atom is -0.240 e. The topological polar surface area (TPSA) is 17.8 Å². The van der Waals surface area contributed by atoms with Crippen molar-refractivity contribution in [3.8, 4) is 5.69 Å². The number of halogens is 2. The SMILES string of the molecule is ClCc1c(Cl)cccc1-n1ccc(C2CC2)n1. The van der Waals surface area contributed by atoms with E-state index in [0.29, 0.717) is 16.8 Å². The van der Waals surface area contributed by atoms with Crippen molar-refractivity contribution in [2.45, 2.75) is 24.6 Å². The maximum absolute atomic E-state index is 6.14. The third kappa shape index (κ3) is 2.07. The van der Waals surface area contributed by atoms with E-state index in [1.54, 1.807) is 0 Å². The molecule has 0 unspecified atom stereocenters. The summed E-state index contributed by atoms with van der Waals surface area (Å²) in [6, 6.07) is 7.85. The molecule has 0 aliphatic heterocycles. The Morgan fingerprint density at radius 2 is 2.12 bits per heavy atom. The molecule has 1 aliphatic carbocycles. The first-order valence-corrected chi connectivity index (χ1v) is 6.60. The van der Waals surface area contributed by atoms with Crippen molar-refractivity contribution >= 4 is 23.2 Å². The van der Waals surface area contributed by atoms with Crippen LogP contribution in [0.2, 0.25) is 5.02 Å². The summed E-state index contributed by atoms with van der Waals surface area (Å²) in [6.07, 6.45) is 4.50. The monoisotopic (exact) mass is 266 g/mol. The molecule has 0 atom stereocenters. The molecule has 1 aromatic heterocycles. The molecular weight excluding hydrogens is 255 g/mol. The van der Waals surface area contributed by atoms with Crippen LogP contribution >= 0.6 is 23.2 Å². The lowest BCUT2D eigenvalue weighted by Gasteiger charge is -2.08. The standard InChI is InChI=1S/C13H12Cl2N2/c14-8-10-11(15)2-1-3-13(10)17-7-6-12(16-17)9-4-5-9/h1-3,6-7,9H,4-5,8H2. The van der Waals surface area contributed by atoms with Gasteiger partial charge in [-0.2, -0.15) is 5.10 Å². The number of aromatic nitrogens is 2. The van der Waals surface area contributed by atoms with Crippen molar-refractivity contribution in [3.63, 3.8) is 0 Å². The predicted octanol–water partition coefficient (Wildman–Crippen LogP) is 4.14. The molecule has 1 aliphatic rings. The average Bonchev–Trinajstić information content (AvgIpc) is 3.07. The zero-order chi connectivity index (χ0) is 11.8. The van der Waals surface area contributed by atoms with E-state index in [1.807, 2.05) is 29.1 Å². The predicted molar refractivity (Wildman–Crippen MR) is 70.1 cm³/mol. The number of nitrogens with zero attached hydrogens (tertiary/aromatic N) is 2. The van der Waals surface area contributed by atoms with E-state index < -0.39 is 0 Å². The van der Waals surface area contributed by atoms with Crippen LogP contribution in [0.5, 0.6) is 0 Å². The largest absolute Gasteiger partial charge is 0.240 e. The van der Waals surface area contributed by atoms with Crippen LogP contribution in [0.15, 0.2) is 30.5 Å². The summed E-state index contributed by atoms with van der Waals surface area (Å²) in [7, 11) is 0. The Labute approximate surface area is 110 Å². The Morgan fingerprint density at radius 3 is 2.82 bits per heavy atom. The van der Waals surface area contributed by atoms with Gasteiger partial charge in [-0.05, 0) is 31.0 Å². The van der Waals surface area contributed by atoms with E-state index in [-0.39, 0.29) is 0 Å². The van der Waals surface area contributed by atoms with E-state index in [4.69, 9.17) is 23.2 Å². The molecular formula is C13H12Cl2N2. The van der Waals surface area contributed by atoms with Crippen molar-refractivity contribution in [2.75, 3.05) is 0 Å². The second-order valence-electron chi connectivity index (χ2n) is 4.33. The quantitative estimate of drug-likeness (QED) is 0.764. The van der Waals surface area contributed by atoms with Crippen molar-refractivity contribution in [1.82, 2.24) is 9.78 Å². The zero-order valence-corrected chi connectivity index (χ0v) is 10.7. The van der Waals surface area contributed by atoms with Gasteiger partial charge in [0.05, 0.1) is 17.3 Å². The summed E-state index contributed by atoms with van der Waals surface area (Å²) in [5.74, 6) is 1.06. The molecule has 0 amide bonds. The first-order valence-electron chi connectivity index (χ1n) is 5.69. The molecule has 0 radical (unpaired) electrons. The van der Waals surface area contributed by atoms with Crippen molar-refractivity contribution in [1.29, 1.82) is 0 Å². The molecule has 1 aromatic carbocycles. The summed E-state index contributed by atoms with van der Waals surface area (Å²) in [6.45, 7) is 0. The van der Waals surface area contributed by atoms with Gasteiger partial charge in [0.2, 0.25) is 0 Å². The Bertz CT molecular complexity index is 544. The Kier molecular flexibility index (Phi) is 2.85. The number of alkyl halides is 1. The normalized spacial score (nSPS) is 15.2. The van der Waals surface area contributed by atoms with Crippen LogP contribution in [-0.4, -0.2) is 9.78 Å². The molecule has 0 N–H and O–H groups in total. The van der Waals surface area contributed by atoms with Gasteiger partial charge in [0, 0.05) is 22.7 Å². The molecule has 2 nitrogen and oxygen atoms in total. The molecule has 1 saturated carbocycles. The van der Waals surface area contributed by atoms with Gasteiger partial charge in [0.1, 0.15) is 0 Å². The highest BCUT2D eigenvalue weighted by atomic mass is 35.5.